The summed E-state index contributed by atoms with van der Waals surface area (Å²) in [4.78, 5) is 2.41. The maximum atomic E-state index is 13.1. The minimum Gasteiger partial charge on any atom is -0.456 e. The van der Waals surface area contributed by atoms with Gasteiger partial charge in [0.05, 0.1) is 5.69 Å². The molecule has 0 radical (unpaired) electrons. The fraction of sp³-hybridized carbons (Fsp3) is 0.0769. The minimum atomic E-state index is -5.85. The number of benzene rings is 14. The van der Waals surface area contributed by atoms with E-state index in [0.717, 1.165) is 61.3 Å². The Balaban J connectivity index is 0.000000126. The van der Waals surface area contributed by atoms with Crippen molar-refractivity contribution >= 4 is 82.4 Å². The van der Waals surface area contributed by atoms with Gasteiger partial charge in [-0.2, -0.15) is 21.6 Å². The van der Waals surface area contributed by atoms with Crippen LogP contribution in [-0.4, -0.2) is 13.9 Å². The lowest BCUT2D eigenvalue weighted by Gasteiger charge is -2.29. The molecule has 7 nitrogen and oxygen atoms in total. The van der Waals surface area contributed by atoms with Crippen LogP contribution < -0.4 is 14.4 Å². The first kappa shape index (κ1) is 64.5. The van der Waals surface area contributed by atoms with Crippen molar-refractivity contribution < 1.29 is 34.6 Å². The lowest BCUT2D eigenvalue weighted by Crippen LogP contribution is -2.28. The zero-order valence-electron chi connectivity index (χ0n) is 56.2. The molecule has 1 N–H and O–H groups in total. The Bertz CT molecular complexity index is 5740. The zero-order valence-corrected chi connectivity index (χ0v) is 57.0. The highest BCUT2D eigenvalue weighted by molar-refractivity contribution is 7.88. The van der Waals surface area contributed by atoms with Gasteiger partial charge >= 0.3 is 15.6 Å². The van der Waals surface area contributed by atoms with Crippen LogP contribution in [0.5, 0.6) is 5.75 Å². The molecular formula is C91H67F3N2O5S. The van der Waals surface area contributed by atoms with Crippen LogP contribution in [0.2, 0.25) is 0 Å². The average molecular weight is 1360 g/mol. The Hall–Kier alpha value is -12.2. The van der Waals surface area contributed by atoms with Gasteiger partial charge in [-0.1, -0.05) is 282 Å². The largest absolute Gasteiger partial charge is 0.534 e. The number of nitrogens with zero attached hydrogens (tertiary/aromatic N) is 1. The van der Waals surface area contributed by atoms with E-state index in [1.807, 2.05) is 50.2 Å². The van der Waals surface area contributed by atoms with Crippen LogP contribution in [-0.2, 0) is 20.9 Å². The fourth-order valence-corrected chi connectivity index (χ4v) is 15.4. The molecule has 2 heterocycles. The predicted molar refractivity (Wildman–Crippen MR) is 411 cm³/mol. The highest BCUT2D eigenvalue weighted by Gasteiger charge is 2.50. The number of furan rings is 2. The van der Waals surface area contributed by atoms with E-state index in [0.29, 0.717) is 22.3 Å². The third kappa shape index (κ3) is 11.7. The van der Waals surface area contributed by atoms with Gasteiger partial charge in [0.25, 0.3) is 0 Å². The van der Waals surface area contributed by atoms with Crippen LogP contribution in [0.25, 0.3) is 111 Å². The van der Waals surface area contributed by atoms with E-state index >= 15 is 0 Å². The third-order valence-electron chi connectivity index (χ3n) is 19.7. The van der Waals surface area contributed by atoms with Crippen LogP contribution in [0, 0.1) is 0 Å². The molecule has 2 aromatic heterocycles. The normalized spacial score (nSPS) is 13.1. The van der Waals surface area contributed by atoms with Crippen molar-refractivity contribution in [2.45, 2.75) is 44.0 Å². The van der Waals surface area contributed by atoms with Gasteiger partial charge in [0.15, 0.2) is 5.75 Å². The SMILES string of the molecule is CC1(C)c2ccccc2-c2c(N(c3ccc(-c4ccccc4)cc3)c3ccc(-c4ccccc4)cc3)cc3oc4ccccc4c3c21.CC1(C)c2ccccc2-c2c(OS(=O)(=O)C(F)(F)F)cc3oc4ccccc4c3c21.c1ccc(-c2ccc(Nc3ccc(-c4ccccc4)cc3)cc2)cc1. The summed E-state index contributed by atoms with van der Waals surface area (Å²) in [5.41, 5.74) is 19.2. The molecule has 102 heavy (non-hydrogen) atoms. The highest BCUT2D eigenvalue weighted by atomic mass is 32.2. The van der Waals surface area contributed by atoms with Crippen molar-refractivity contribution in [1.29, 1.82) is 0 Å². The topological polar surface area (TPSA) is 84.9 Å². The fourth-order valence-electron chi connectivity index (χ4n) is 14.9. The smallest absolute Gasteiger partial charge is 0.456 e. The third-order valence-corrected chi connectivity index (χ3v) is 20.7. The van der Waals surface area contributed by atoms with Crippen LogP contribution in [0.15, 0.2) is 336 Å². The molecule has 0 saturated heterocycles. The van der Waals surface area contributed by atoms with Crippen molar-refractivity contribution in [1.82, 2.24) is 0 Å². The second kappa shape index (κ2) is 25.8. The first-order valence-corrected chi connectivity index (χ1v) is 35.3. The quantitative estimate of drug-likeness (QED) is 0.102. The van der Waals surface area contributed by atoms with Crippen molar-refractivity contribution in [2.24, 2.45) is 0 Å². The lowest BCUT2D eigenvalue weighted by molar-refractivity contribution is -0.0499. The minimum absolute atomic E-state index is 0.215. The number of rotatable bonds is 11. The molecular weight excluding hydrogens is 1290 g/mol. The van der Waals surface area contributed by atoms with Crippen LogP contribution in [0.4, 0.5) is 41.6 Å². The van der Waals surface area contributed by atoms with Crippen molar-refractivity contribution in [3.63, 3.8) is 0 Å². The Labute approximate surface area is 590 Å². The summed E-state index contributed by atoms with van der Waals surface area (Å²) >= 11 is 0. The molecule has 0 unspecified atom stereocenters. The van der Waals surface area contributed by atoms with Crippen molar-refractivity contribution in [3.8, 4) is 72.5 Å². The van der Waals surface area contributed by atoms with E-state index in [9.17, 15) is 21.6 Å². The number of nitrogens with one attached hydrogen (secondary N) is 1. The van der Waals surface area contributed by atoms with E-state index in [4.69, 9.17) is 8.83 Å². The monoisotopic (exact) mass is 1360 g/mol. The summed E-state index contributed by atoms with van der Waals surface area (Å²) in [6, 6.07) is 112. The summed E-state index contributed by atoms with van der Waals surface area (Å²) < 4.78 is 80.0. The van der Waals surface area contributed by atoms with Gasteiger partial charge in [-0.25, -0.2) is 0 Å². The lowest BCUT2D eigenvalue weighted by atomic mass is 9.80. The van der Waals surface area contributed by atoms with E-state index in [-0.39, 0.29) is 11.0 Å². The number of alkyl halides is 3. The van der Waals surface area contributed by atoms with E-state index in [1.54, 1.807) is 24.3 Å². The van der Waals surface area contributed by atoms with Crippen LogP contribution in [0.3, 0.4) is 0 Å². The molecule has 0 aliphatic heterocycles. The van der Waals surface area contributed by atoms with E-state index < -0.39 is 26.8 Å². The molecule has 11 heteroatoms. The molecule has 16 aromatic rings. The van der Waals surface area contributed by atoms with Crippen LogP contribution >= 0.6 is 0 Å². The summed E-state index contributed by atoms with van der Waals surface area (Å²) in [7, 11) is -5.85. The molecule has 0 amide bonds. The van der Waals surface area contributed by atoms with E-state index in [1.165, 1.54) is 78.2 Å². The molecule has 2 aliphatic rings. The molecule has 0 atom stereocenters. The van der Waals surface area contributed by atoms with E-state index in [2.05, 4.69) is 289 Å². The standard InChI is InChI=1S/C45H33NO.C24H19N.C22H15F3O4S/c1-45(2)38-19-11-9-17-36(38)42-39(29-41-43(44(42)45)37-18-10-12-20-40(37)47-41)46(34-25-21-32(22-26-34)30-13-5-3-6-14-30)35-27-23-33(24-28-35)31-15-7-4-8-16-31;1-3-7-19(8-4-1)21-11-15-23(16-12-21)25-24-17-13-22(14-18-24)20-9-5-2-6-10-20;1-21(2)14-9-5-3-7-12(14)18-17(29-30(26,27)22(23,24)25)11-16-19(20(18)21)13-8-4-6-10-15(13)28-16/h3-29H,1-2H3;1-18,25H;3-11H,1-2H3. The van der Waals surface area contributed by atoms with Gasteiger partial charge in [-0.15, -0.1) is 0 Å². The van der Waals surface area contributed by atoms with Crippen molar-refractivity contribution in [3.05, 3.63) is 350 Å². The predicted octanol–water partition coefficient (Wildman–Crippen LogP) is 25.6. The number of anilines is 5. The maximum absolute atomic E-state index is 13.1. The summed E-state index contributed by atoms with van der Waals surface area (Å²) in [6.07, 6.45) is 0. The molecule has 0 spiro atoms. The summed E-state index contributed by atoms with van der Waals surface area (Å²) in [5.74, 6) is -0.396. The van der Waals surface area contributed by atoms with Crippen LogP contribution in [0.1, 0.15) is 49.9 Å². The van der Waals surface area contributed by atoms with Gasteiger partial charge < -0.3 is 23.2 Å². The molecule has 18 rings (SSSR count). The van der Waals surface area contributed by atoms with Gasteiger partial charge in [-0.3, -0.25) is 0 Å². The number of hydrogen-bond acceptors (Lipinski definition) is 7. The second-order valence-electron chi connectivity index (χ2n) is 26.7. The first-order chi connectivity index (χ1) is 49.5. The Morgan fingerprint density at radius 3 is 1.09 bits per heavy atom. The molecule has 2 aliphatic carbocycles. The molecule has 498 valence electrons. The molecule has 14 aromatic carbocycles. The van der Waals surface area contributed by atoms with Gasteiger partial charge in [-0.05, 0) is 139 Å². The van der Waals surface area contributed by atoms with Gasteiger partial charge in [0.1, 0.15) is 22.3 Å². The Morgan fingerprint density at radius 2 is 0.686 bits per heavy atom. The Morgan fingerprint density at radius 1 is 0.363 bits per heavy atom. The molecule has 0 fully saturated rings. The van der Waals surface area contributed by atoms with Crippen molar-refractivity contribution in [2.75, 3.05) is 10.2 Å². The number of halogens is 3. The number of hydrogen-bond donors (Lipinski definition) is 1. The molecule has 0 bridgehead atoms. The zero-order chi connectivity index (χ0) is 69.9. The summed E-state index contributed by atoms with van der Waals surface area (Å²) in [5, 5.41) is 7.37. The Kier molecular flexibility index (Phi) is 16.3. The van der Waals surface area contributed by atoms with Gasteiger partial charge in [0.2, 0.25) is 0 Å². The highest BCUT2D eigenvalue weighted by Crippen LogP contribution is 2.60. The average Bonchev–Trinajstić information content (AvgIpc) is 1.54. The second-order valence-corrected chi connectivity index (χ2v) is 28.2. The maximum Gasteiger partial charge on any atom is 0.534 e. The molecule has 0 saturated carbocycles. The summed E-state index contributed by atoms with van der Waals surface area (Å²) in [6.45, 7) is 8.61. The number of fused-ring (bicyclic) bond motifs is 14. The first-order valence-electron chi connectivity index (χ1n) is 33.9. The number of para-hydroxylation sites is 2. The van der Waals surface area contributed by atoms with Gasteiger partial charge in [0, 0.05) is 78.4 Å².